The van der Waals surface area contributed by atoms with E-state index in [0.29, 0.717) is 25.3 Å². The smallest absolute Gasteiger partial charge is 0.319 e. The van der Waals surface area contributed by atoms with Gasteiger partial charge in [0.25, 0.3) is 0 Å². The van der Waals surface area contributed by atoms with E-state index < -0.39 is 0 Å². The van der Waals surface area contributed by atoms with Crippen LogP contribution >= 0.6 is 15.9 Å². The van der Waals surface area contributed by atoms with Crippen LogP contribution in [0.5, 0.6) is 6.01 Å². The van der Waals surface area contributed by atoms with Gasteiger partial charge in [-0.1, -0.05) is 13.0 Å². The molecule has 3 saturated heterocycles. The van der Waals surface area contributed by atoms with Gasteiger partial charge in [-0.2, -0.15) is 9.97 Å². The van der Waals surface area contributed by atoms with Gasteiger partial charge in [0, 0.05) is 29.8 Å². The fraction of sp³-hybridized carbons (Fsp3) is 0.690. The van der Waals surface area contributed by atoms with Crippen LogP contribution in [0.4, 0.5) is 5.82 Å². The molecule has 3 aliphatic heterocycles. The molecule has 6 rings (SSSR count). The molecule has 4 heterocycles. The van der Waals surface area contributed by atoms with Gasteiger partial charge >= 0.3 is 6.01 Å². The van der Waals surface area contributed by atoms with Crippen LogP contribution in [0.15, 0.2) is 15.6 Å². The first-order valence-corrected chi connectivity index (χ1v) is 15.2. The maximum absolute atomic E-state index is 6.46. The Balaban J connectivity index is 1.39. The highest BCUT2D eigenvalue weighted by molar-refractivity contribution is 9.12. The monoisotopic (exact) mass is 569 g/mol. The fourth-order valence-corrected chi connectivity index (χ4v) is 7.28. The second-order valence-electron chi connectivity index (χ2n) is 11.2. The Bertz CT molecular complexity index is 1090. The van der Waals surface area contributed by atoms with Gasteiger partial charge in [0.15, 0.2) is 0 Å². The largest absolute Gasteiger partial charge is 0.461 e. The first-order valence-electron chi connectivity index (χ1n) is 14.4. The van der Waals surface area contributed by atoms with Gasteiger partial charge in [-0.25, -0.2) is 0 Å². The summed E-state index contributed by atoms with van der Waals surface area (Å²) in [5.41, 5.74) is 4.30. The number of allylic oxidation sites excluding steroid dienone is 3. The third-order valence-electron chi connectivity index (χ3n) is 8.88. The second-order valence-corrected chi connectivity index (χ2v) is 12.1. The van der Waals surface area contributed by atoms with Crippen LogP contribution in [-0.4, -0.2) is 78.2 Å². The molecule has 200 valence electrons. The molecular formula is C29H40BrN5O2. The van der Waals surface area contributed by atoms with Crippen LogP contribution < -0.4 is 9.64 Å². The highest BCUT2D eigenvalue weighted by atomic mass is 79.9. The fourth-order valence-electron chi connectivity index (χ4n) is 6.74. The van der Waals surface area contributed by atoms with Crippen molar-refractivity contribution in [1.29, 1.82) is 0 Å². The summed E-state index contributed by atoms with van der Waals surface area (Å²) in [7, 11) is 0. The molecule has 5 aliphatic rings. The number of aromatic nitrogens is 2. The van der Waals surface area contributed by atoms with Crippen LogP contribution in [0.2, 0.25) is 0 Å². The van der Waals surface area contributed by atoms with E-state index in [9.17, 15) is 0 Å². The summed E-state index contributed by atoms with van der Waals surface area (Å²) in [5.74, 6) is 1.67. The number of anilines is 1. The molecule has 4 fully saturated rings. The number of halogens is 1. The molecule has 2 aliphatic carbocycles. The number of hydrogen-bond acceptors (Lipinski definition) is 7. The molecular weight excluding hydrogens is 530 g/mol. The minimum atomic E-state index is 0.165. The van der Waals surface area contributed by atoms with Crippen LogP contribution in [0.3, 0.4) is 0 Å². The quantitative estimate of drug-likeness (QED) is 0.432. The molecule has 8 heteroatoms. The molecule has 0 spiro atoms. The molecule has 0 radical (unpaired) electrons. The Labute approximate surface area is 229 Å². The molecule has 1 unspecified atom stereocenters. The maximum atomic E-state index is 6.46. The SMILES string of the molecule is C/C=C1\C(=NC(CC)C2CC2)C(Br)=Cc2nc(OCC34CCCN3CCC4)nc(N3CCCOCC3)c21. The third kappa shape index (κ3) is 5.01. The van der Waals surface area contributed by atoms with E-state index in [1.165, 1.54) is 51.6 Å². The summed E-state index contributed by atoms with van der Waals surface area (Å²) >= 11 is 3.87. The van der Waals surface area contributed by atoms with E-state index >= 15 is 0 Å². The van der Waals surface area contributed by atoms with Crippen molar-refractivity contribution in [2.24, 2.45) is 10.9 Å². The van der Waals surface area contributed by atoms with Gasteiger partial charge in [0.05, 0.1) is 35.2 Å². The lowest BCUT2D eigenvalue weighted by Gasteiger charge is -2.32. The number of aliphatic imine (C=N–C) groups is 1. The van der Waals surface area contributed by atoms with Crippen molar-refractivity contribution in [3.8, 4) is 6.01 Å². The average molecular weight is 571 g/mol. The van der Waals surface area contributed by atoms with E-state index in [1.54, 1.807) is 0 Å². The van der Waals surface area contributed by atoms with E-state index in [2.05, 4.69) is 51.7 Å². The molecule has 37 heavy (non-hydrogen) atoms. The van der Waals surface area contributed by atoms with Crippen LogP contribution in [-0.2, 0) is 4.74 Å². The molecule has 0 aromatic carbocycles. The molecule has 1 saturated carbocycles. The first-order chi connectivity index (χ1) is 18.1. The topological polar surface area (TPSA) is 63.1 Å². The summed E-state index contributed by atoms with van der Waals surface area (Å²) in [6.45, 7) is 10.6. The number of rotatable bonds is 7. The zero-order valence-electron chi connectivity index (χ0n) is 22.3. The number of hydrogen-bond donors (Lipinski definition) is 0. The van der Waals surface area contributed by atoms with Gasteiger partial charge in [-0.15, -0.1) is 0 Å². The van der Waals surface area contributed by atoms with Crippen LogP contribution in [0.25, 0.3) is 11.6 Å². The highest BCUT2D eigenvalue weighted by Crippen LogP contribution is 2.43. The van der Waals surface area contributed by atoms with Gasteiger partial charge in [0.1, 0.15) is 12.4 Å². The number of ether oxygens (including phenoxy) is 2. The Morgan fingerprint density at radius 3 is 2.70 bits per heavy atom. The zero-order valence-corrected chi connectivity index (χ0v) is 23.9. The molecule has 1 atom stereocenters. The standard InChI is InChI=1S/C29H40BrN5O2/c1-3-21-25-24(18-22(30)26(21)31-23(4-2)20-8-9-20)32-28(33-27(25)34-12-7-16-36-17-15-34)37-19-29-10-5-13-35(29)14-6-11-29/h3,18,20,23H,4-17,19H2,1-2H3/b21-3-,31-26?. The number of fused-ring (bicyclic) bond motifs is 2. The van der Waals surface area contributed by atoms with E-state index in [0.717, 1.165) is 71.3 Å². The molecule has 1 aromatic heterocycles. The van der Waals surface area contributed by atoms with Crippen molar-refractivity contribution in [1.82, 2.24) is 14.9 Å². The van der Waals surface area contributed by atoms with E-state index in [4.69, 9.17) is 24.4 Å². The highest BCUT2D eigenvalue weighted by Gasteiger charge is 2.45. The lowest BCUT2D eigenvalue weighted by molar-refractivity contribution is 0.107. The van der Waals surface area contributed by atoms with Gasteiger partial charge in [0.2, 0.25) is 0 Å². The molecule has 0 bridgehead atoms. The number of nitrogens with zero attached hydrogens (tertiary/aromatic N) is 5. The molecule has 0 amide bonds. The third-order valence-corrected chi connectivity index (χ3v) is 9.49. The zero-order chi connectivity index (χ0) is 25.4. The van der Waals surface area contributed by atoms with Crippen molar-refractivity contribution in [2.75, 3.05) is 50.9 Å². The normalized spacial score (nSPS) is 26.7. The Morgan fingerprint density at radius 1 is 1.16 bits per heavy atom. The first kappa shape index (κ1) is 25.5. The van der Waals surface area contributed by atoms with Crippen molar-refractivity contribution < 1.29 is 9.47 Å². The predicted molar refractivity (Wildman–Crippen MR) is 153 cm³/mol. The summed E-state index contributed by atoms with van der Waals surface area (Å²) in [4.78, 5) is 20.4. The summed E-state index contributed by atoms with van der Waals surface area (Å²) in [6.07, 6.45) is 13.9. The summed E-state index contributed by atoms with van der Waals surface area (Å²) < 4.78 is 13.3. The maximum Gasteiger partial charge on any atom is 0.319 e. The van der Waals surface area contributed by atoms with Crippen LogP contribution in [0.1, 0.15) is 76.5 Å². The summed E-state index contributed by atoms with van der Waals surface area (Å²) in [5, 5.41) is 0. The van der Waals surface area contributed by atoms with Gasteiger partial charge < -0.3 is 14.4 Å². The Kier molecular flexibility index (Phi) is 7.43. The lowest BCUT2D eigenvalue weighted by atomic mass is 9.93. The van der Waals surface area contributed by atoms with Gasteiger partial charge in [-0.05, 0) is 99.3 Å². The lowest BCUT2D eigenvalue weighted by Crippen LogP contribution is -2.43. The van der Waals surface area contributed by atoms with Crippen LogP contribution in [0, 0.1) is 5.92 Å². The van der Waals surface area contributed by atoms with Gasteiger partial charge in [-0.3, -0.25) is 9.89 Å². The summed E-state index contributed by atoms with van der Waals surface area (Å²) in [6, 6.07) is 0.856. The Hall–Kier alpha value is -1.77. The van der Waals surface area contributed by atoms with E-state index in [1.807, 2.05) is 0 Å². The molecule has 1 aromatic rings. The minimum Gasteiger partial charge on any atom is -0.461 e. The average Bonchev–Trinajstić information content (AvgIpc) is 3.62. The molecule has 0 N–H and O–H groups in total. The second kappa shape index (κ2) is 10.8. The van der Waals surface area contributed by atoms with E-state index in [-0.39, 0.29) is 5.54 Å². The molecule has 7 nitrogen and oxygen atoms in total. The van der Waals surface area contributed by atoms with Crippen molar-refractivity contribution >= 4 is 39.1 Å². The minimum absolute atomic E-state index is 0.165. The van der Waals surface area contributed by atoms with Crippen molar-refractivity contribution in [2.45, 2.75) is 76.8 Å². The van der Waals surface area contributed by atoms with Crippen molar-refractivity contribution in [3.05, 3.63) is 21.8 Å². The predicted octanol–water partition coefficient (Wildman–Crippen LogP) is 5.49. The van der Waals surface area contributed by atoms with Crippen molar-refractivity contribution in [3.63, 3.8) is 0 Å². The Morgan fingerprint density at radius 2 is 1.97 bits per heavy atom.